The number of carbonyl (C=O) groups excluding carboxylic acids is 1. The molecule has 3 N–H and O–H groups in total. The van der Waals surface area contributed by atoms with Crippen LogP contribution in [0.25, 0.3) is 0 Å². The van der Waals surface area contributed by atoms with Crippen molar-refractivity contribution in [3.63, 3.8) is 0 Å². The molecule has 0 spiro atoms. The van der Waals surface area contributed by atoms with Crippen LogP contribution in [-0.4, -0.2) is 12.2 Å². The Balaban J connectivity index is 2.99. The first kappa shape index (κ1) is 11.6. The Kier molecular flexibility index (Phi) is 3.50. The van der Waals surface area contributed by atoms with Gasteiger partial charge in [-0.05, 0) is 12.1 Å². The summed E-state index contributed by atoms with van der Waals surface area (Å²) in [5.74, 6) is -1.70. The van der Waals surface area contributed by atoms with Crippen LogP contribution in [0.2, 0.25) is 0 Å². The number of primary amides is 1. The number of hydrogen-bond donors (Lipinski definition) is 2. The van der Waals surface area contributed by atoms with Crippen LogP contribution in [0.1, 0.15) is 11.1 Å². The molecule has 0 saturated carbocycles. The molecule has 1 rings (SSSR count). The zero-order valence-corrected chi connectivity index (χ0v) is 7.87. The molecular formula is C9H6F2N4O. The number of hydrazone groups is 1. The molecule has 0 aliphatic carbocycles. The lowest BCUT2D eigenvalue weighted by Gasteiger charge is -1.98. The van der Waals surface area contributed by atoms with E-state index in [2.05, 4.69) is 5.10 Å². The smallest absolute Gasteiger partial charge is 0.332 e. The standard InChI is InChI=1S/C9H6F2N4O/c10-7-2-6(4-14-15-9(13)16)8(11)1-5(7)3-12/h1-2,4H,(H3,13,15,16). The van der Waals surface area contributed by atoms with Crippen molar-refractivity contribution in [2.24, 2.45) is 10.8 Å². The molecule has 5 nitrogen and oxygen atoms in total. The third-order valence-electron chi connectivity index (χ3n) is 1.59. The van der Waals surface area contributed by atoms with Crippen LogP contribution in [0.15, 0.2) is 17.2 Å². The topological polar surface area (TPSA) is 91.3 Å². The number of halogens is 2. The first-order valence-corrected chi connectivity index (χ1v) is 4.02. The third-order valence-corrected chi connectivity index (χ3v) is 1.59. The third kappa shape index (κ3) is 2.75. The number of nitrogens with two attached hydrogens (primary N) is 1. The first-order chi connectivity index (χ1) is 7.54. The second kappa shape index (κ2) is 4.84. The number of urea groups is 1. The van der Waals surface area contributed by atoms with Gasteiger partial charge in [0.1, 0.15) is 17.7 Å². The number of nitrogens with zero attached hydrogens (tertiary/aromatic N) is 2. The van der Waals surface area contributed by atoms with Gasteiger partial charge in [0.25, 0.3) is 0 Å². The van der Waals surface area contributed by atoms with Gasteiger partial charge < -0.3 is 5.73 Å². The molecule has 7 heteroatoms. The molecule has 0 radical (unpaired) electrons. The van der Waals surface area contributed by atoms with Crippen molar-refractivity contribution in [1.82, 2.24) is 5.43 Å². The summed E-state index contributed by atoms with van der Waals surface area (Å²) in [5.41, 5.74) is 5.91. The van der Waals surface area contributed by atoms with Gasteiger partial charge in [0, 0.05) is 5.56 Å². The number of hydrogen-bond acceptors (Lipinski definition) is 3. The number of carbonyl (C=O) groups is 1. The molecule has 0 saturated heterocycles. The first-order valence-electron chi connectivity index (χ1n) is 4.02. The van der Waals surface area contributed by atoms with Gasteiger partial charge in [-0.3, -0.25) is 0 Å². The summed E-state index contributed by atoms with van der Waals surface area (Å²) in [6, 6.07) is 2.09. The molecule has 0 bridgehead atoms. The average Bonchev–Trinajstić information content (AvgIpc) is 2.22. The predicted octanol–water partition coefficient (Wildman–Crippen LogP) is 0.839. The van der Waals surface area contributed by atoms with E-state index in [4.69, 9.17) is 11.0 Å². The van der Waals surface area contributed by atoms with Gasteiger partial charge in [0.2, 0.25) is 0 Å². The van der Waals surface area contributed by atoms with Crippen molar-refractivity contribution in [2.45, 2.75) is 0 Å². The average molecular weight is 224 g/mol. The monoisotopic (exact) mass is 224 g/mol. The van der Waals surface area contributed by atoms with Gasteiger partial charge in [0.15, 0.2) is 0 Å². The molecule has 1 aromatic rings. The van der Waals surface area contributed by atoms with Crippen LogP contribution in [0.3, 0.4) is 0 Å². The van der Waals surface area contributed by atoms with Crippen molar-refractivity contribution in [3.8, 4) is 6.07 Å². The molecule has 0 atom stereocenters. The minimum absolute atomic E-state index is 0.203. The fraction of sp³-hybridized carbons (Fsp3) is 0. The van der Waals surface area contributed by atoms with E-state index in [0.29, 0.717) is 0 Å². The molecule has 16 heavy (non-hydrogen) atoms. The highest BCUT2D eigenvalue weighted by Crippen LogP contribution is 2.12. The summed E-state index contributed by atoms with van der Waals surface area (Å²) < 4.78 is 26.2. The zero-order chi connectivity index (χ0) is 12.1. The van der Waals surface area contributed by atoms with Gasteiger partial charge >= 0.3 is 6.03 Å². The molecule has 0 aliphatic heterocycles. The molecule has 0 unspecified atom stereocenters. The van der Waals surface area contributed by atoms with E-state index in [0.717, 1.165) is 18.3 Å². The van der Waals surface area contributed by atoms with Gasteiger partial charge in [-0.25, -0.2) is 19.0 Å². The fourth-order valence-corrected chi connectivity index (χ4v) is 0.912. The summed E-state index contributed by atoms with van der Waals surface area (Å²) in [5, 5.41) is 11.7. The van der Waals surface area contributed by atoms with Gasteiger partial charge in [-0.2, -0.15) is 10.4 Å². The molecular weight excluding hydrogens is 218 g/mol. The molecule has 0 aromatic heterocycles. The maximum atomic E-state index is 13.2. The Morgan fingerprint density at radius 1 is 1.50 bits per heavy atom. The molecule has 2 amide bonds. The summed E-state index contributed by atoms with van der Waals surface area (Å²) in [6.45, 7) is 0. The van der Waals surface area contributed by atoms with Crippen LogP contribution < -0.4 is 11.2 Å². The highest BCUT2D eigenvalue weighted by Gasteiger charge is 2.07. The Morgan fingerprint density at radius 3 is 2.75 bits per heavy atom. The second-order valence-electron chi connectivity index (χ2n) is 2.70. The van der Waals surface area contributed by atoms with Crippen molar-refractivity contribution in [3.05, 3.63) is 34.9 Å². The van der Waals surface area contributed by atoms with Crippen LogP contribution in [-0.2, 0) is 0 Å². The summed E-state index contributed by atoms with van der Waals surface area (Å²) >= 11 is 0. The lowest BCUT2D eigenvalue weighted by Crippen LogP contribution is -2.24. The van der Waals surface area contributed by atoms with Crippen molar-refractivity contribution in [2.75, 3.05) is 0 Å². The number of nitriles is 1. The van der Waals surface area contributed by atoms with E-state index >= 15 is 0 Å². The Labute approximate surface area is 89.2 Å². The second-order valence-corrected chi connectivity index (χ2v) is 2.70. The number of nitrogens with one attached hydrogen (secondary N) is 1. The highest BCUT2D eigenvalue weighted by atomic mass is 19.1. The van der Waals surface area contributed by atoms with Crippen LogP contribution in [0.5, 0.6) is 0 Å². The van der Waals surface area contributed by atoms with Crippen molar-refractivity contribution < 1.29 is 13.6 Å². The Hall–Kier alpha value is -2.49. The lowest BCUT2D eigenvalue weighted by atomic mass is 10.1. The summed E-state index contributed by atoms with van der Waals surface area (Å²) in [6.07, 6.45) is 0.879. The quantitative estimate of drug-likeness (QED) is 0.575. The van der Waals surface area contributed by atoms with E-state index in [1.165, 1.54) is 6.07 Å². The normalized spacial score (nSPS) is 10.1. The highest BCUT2D eigenvalue weighted by molar-refractivity contribution is 5.82. The van der Waals surface area contributed by atoms with E-state index in [1.54, 1.807) is 0 Å². The number of rotatable bonds is 2. The minimum Gasteiger partial charge on any atom is -0.350 e. The van der Waals surface area contributed by atoms with Gasteiger partial charge in [0.05, 0.1) is 11.8 Å². The number of amides is 2. The predicted molar refractivity (Wildman–Crippen MR) is 51.4 cm³/mol. The fourth-order valence-electron chi connectivity index (χ4n) is 0.912. The SMILES string of the molecule is N#Cc1cc(F)c(C=NNC(N)=O)cc1F. The zero-order valence-electron chi connectivity index (χ0n) is 7.87. The minimum atomic E-state index is -0.925. The molecule has 0 aliphatic rings. The van der Waals surface area contributed by atoms with Gasteiger partial charge in [-0.1, -0.05) is 0 Å². The van der Waals surface area contributed by atoms with E-state index in [9.17, 15) is 13.6 Å². The summed E-state index contributed by atoms with van der Waals surface area (Å²) in [4.78, 5) is 10.2. The maximum absolute atomic E-state index is 13.2. The van der Waals surface area contributed by atoms with Crippen LogP contribution >= 0.6 is 0 Å². The van der Waals surface area contributed by atoms with Crippen LogP contribution in [0, 0.1) is 23.0 Å². The van der Waals surface area contributed by atoms with Crippen molar-refractivity contribution >= 4 is 12.2 Å². The Morgan fingerprint density at radius 2 is 2.19 bits per heavy atom. The lowest BCUT2D eigenvalue weighted by molar-refractivity contribution is 0.249. The van der Waals surface area contributed by atoms with E-state index in [-0.39, 0.29) is 5.56 Å². The van der Waals surface area contributed by atoms with Gasteiger partial charge in [-0.15, -0.1) is 0 Å². The number of benzene rings is 1. The van der Waals surface area contributed by atoms with E-state index in [1.807, 2.05) is 5.43 Å². The molecule has 82 valence electrons. The van der Waals surface area contributed by atoms with Crippen molar-refractivity contribution in [1.29, 1.82) is 5.26 Å². The molecule has 0 fully saturated rings. The molecule has 1 aromatic carbocycles. The Bertz CT molecular complexity index is 493. The van der Waals surface area contributed by atoms with Crippen LogP contribution in [0.4, 0.5) is 13.6 Å². The van der Waals surface area contributed by atoms with E-state index < -0.39 is 23.2 Å². The largest absolute Gasteiger partial charge is 0.350 e. The molecule has 0 heterocycles. The maximum Gasteiger partial charge on any atom is 0.332 e. The summed E-state index contributed by atoms with van der Waals surface area (Å²) in [7, 11) is 0.